The lowest BCUT2D eigenvalue weighted by atomic mass is 10.1. The minimum atomic E-state index is -0.463. The monoisotopic (exact) mass is 474 g/mol. The number of amides is 2. The molecular weight excluding hydrogens is 452 g/mol. The number of benzene rings is 1. The van der Waals surface area contributed by atoms with Crippen molar-refractivity contribution in [2.24, 2.45) is 5.92 Å². The lowest BCUT2D eigenvalue weighted by Crippen LogP contribution is -2.30. The average Bonchev–Trinajstić information content (AvgIpc) is 3.43. The van der Waals surface area contributed by atoms with Gasteiger partial charge in [0, 0.05) is 41.6 Å². The Morgan fingerprint density at radius 2 is 2.22 bits per heavy atom. The molecular formula is C22H23ClN4O4S. The predicted octanol–water partition coefficient (Wildman–Crippen LogP) is 3.79. The van der Waals surface area contributed by atoms with E-state index in [1.165, 1.54) is 0 Å². The van der Waals surface area contributed by atoms with Gasteiger partial charge in [0.15, 0.2) is 5.13 Å². The van der Waals surface area contributed by atoms with E-state index in [9.17, 15) is 14.4 Å². The first kappa shape index (κ1) is 22.3. The Morgan fingerprint density at radius 3 is 3.00 bits per heavy atom. The molecule has 168 valence electrons. The lowest BCUT2D eigenvalue weighted by Gasteiger charge is -2.16. The molecule has 0 saturated carbocycles. The van der Waals surface area contributed by atoms with Crippen molar-refractivity contribution in [3.63, 3.8) is 0 Å². The number of aryl methyl sites for hydroxylation is 1. The number of nitrogens with one attached hydrogen (secondary N) is 2. The van der Waals surface area contributed by atoms with Crippen LogP contribution in [0.25, 0.3) is 10.9 Å². The third kappa shape index (κ3) is 4.63. The highest BCUT2D eigenvalue weighted by Gasteiger charge is 2.34. The third-order valence-electron chi connectivity index (χ3n) is 5.45. The average molecular weight is 475 g/mol. The fourth-order valence-corrected chi connectivity index (χ4v) is 4.86. The van der Waals surface area contributed by atoms with Crippen LogP contribution < -0.4 is 5.32 Å². The number of aromatic amines is 1. The van der Waals surface area contributed by atoms with Crippen LogP contribution in [0.1, 0.15) is 34.3 Å². The van der Waals surface area contributed by atoms with E-state index in [1.807, 2.05) is 24.4 Å². The SMILES string of the molecule is CCOC(=O)c1sc(NC(=O)C2CC(=O)N(CCc3c[nH]c4ccc(Cl)cc34)C2)nc1C. The van der Waals surface area contributed by atoms with Gasteiger partial charge in [0.25, 0.3) is 0 Å². The number of likely N-dealkylation sites (tertiary alicyclic amines) is 1. The van der Waals surface area contributed by atoms with Gasteiger partial charge in [-0.25, -0.2) is 9.78 Å². The van der Waals surface area contributed by atoms with Crippen LogP contribution in [0.3, 0.4) is 0 Å². The Morgan fingerprint density at radius 1 is 1.41 bits per heavy atom. The zero-order chi connectivity index (χ0) is 22.8. The molecule has 0 bridgehead atoms. The largest absolute Gasteiger partial charge is 0.462 e. The van der Waals surface area contributed by atoms with Gasteiger partial charge in [0.05, 0.1) is 18.2 Å². The summed E-state index contributed by atoms with van der Waals surface area (Å²) in [7, 11) is 0. The van der Waals surface area contributed by atoms with Gasteiger partial charge in [0.1, 0.15) is 4.88 Å². The van der Waals surface area contributed by atoms with Gasteiger partial charge in [-0.3, -0.25) is 9.59 Å². The summed E-state index contributed by atoms with van der Waals surface area (Å²) in [4.78, 5) is 46.7. The smallest absolute Gasteiger partial charge is 0.350 e. The number of anilines is 1. The number of thiazole rings is 1. The number of nitrogens with zero attached hydrogens (tertiary/aromatic N) is 2. The van der Waals surface area contributed by atoms with Crippen LogP contribution in [0.5, 0.6) is 0 Å². The van der Waals surface area contributed by atoms with Crippen molar-refractivity contribution in [3.8, 4) is 0 Å². The number of ether oxygens (including phenoxy) is 1. The lowest BCUT2D eigenvalue weighted by molar-refractivity contribution is -0.128. The molecule has 2 amide bonds. The summed E-state index contributed by atoms with van der Waals surface area (Å²) < 4.78 is 5.00. The highest BCUT2D eigenvalue weighted by Crippen LogP contribution is 2.27. The number of H-pyrrole nitrogens is 1. The second-order valence-electron chi connectivity index (χ2n) is 7.64. The van der Waals surface area contributed by atoms with Gasteiger partial charge in [-0.1, -0.05) is 22.9 Å². The number of fused-ring (bicyclic) bond motifs is 1. The summed E-state index contributed by atoms with van der Waals surface area (Å²) in [5, 5.41) is 4.78. The predicted molar refractivity (Wildman–Crippen MR) is 123 cm³/mol. The zero-order valence-electron chi connectivity index (χ0n) is 17.7. The van der Waals surface area contributed by atoms with Gasteiger partial charge in [0.2, 0.25) is 11.8 Å². The molecule has 8 nitrogen and oxygen atoms in total. The van der Waals surface area contributed by atoms with Crippen molar-refractivity contribution in [2.75, 3.05) is 25.0 Å². The van der Waals surface area contributed by atoms with Gasteiger partial charge in [-0.15, -0.1) is 0 Å². The van der Waals surface area contributed by atoms with E-state index in [4.69, 9.17) is 16.3 Å². The van der Waals surface area contributed by atoms with E-state index < -0.39 is 11.9 Å². The van der Waals surface area contributed by atoms with E-state index in [0.717, 1.165) is 27.8 Å². The van der Waals surface area contributed by atoms with Crippen molar-refractivity contribution in [3.05, 3.63) is 45.6 Å². The van der Waals surface area contributed by atoms with Crippen molar-refractivity contribution in [1.29, 1.82) is 0 Å². The number of aromatic nitrogens is 2. The molecule has 1 atom stereocenters. The molecule has 1 unspecified atom stereocenters. The molecule has 0 aliphatic carbocycles. The molecule has 1 fully saturated rings. The van der Waals surface area contributed by atoms with E-state index in [0.29, 0.717) is 40.2 Å². The molecule has 2 N–H and O–H groups in total. The molecule has 1 aromatic carbocycles. The number of esters is 1. The Kier molecular flexibility index (Phi) is 6.48. The molecule has 1 aliphatic rings. The van der Waals surface area contributed by atoms with Crippen molar-refractivity contribution < 1.29 is 19.1 Å². The fraction of sp³-hybridized carbons (Fsp3) is 0.364. The van der Waals surface area contributed by atoms with E-state index >= 15 is 0 Å². The number of carbonyl (C=O) groups excluding carboxylic acids is 3. The molecule has 0 spiro atoms. The number of rotatable bonds is 7. The number of hydrogen-bond acceptors (Lipinski definition) is 6. The number of halogens is 1. The Labute approximate surface area is 193 Å². The number of hydrogen-bond donors (Lipinski definition) is 2. The van der Waals surface area contributed by atoms with Gasteiger partial charge in [-0.2, -0.15) is 0 Å². The second-order valence-corrected chi connectivity index (χ2v) is 9.07. The molecule has 10 heteroatoms. The molecule has 32 heavy (non-hydrogen) atoms. The topological polar surface area (TPSA) is 104 Å². The van der Waals surface area contributed by atoms with E-state index in [1.54, 1.807) is 18.7 Å². The standard InChI is InChI=1S/C22H23ClN4O4S/c1-3-31-21(30)19-12(2)25-22(32-19)26-20(29)14-8-18(28)27(11-14)7-6-13-10-24-17-5-4-15(23)9-16(13)17/h4-5,9-10,14,24H,3,6-8,11H2,1-2H3,(H,25,26,29). The summed E-state index contributed by atoms with van der Waals surface area (Å²) in [5.41, 5.74) is 2.58. The zero-order valence-corrected chi connectivity index (χ0v) is 19.3. The quantitative estimate of drug-likeness (QED) is 0.507. The first-order valence-corrected chi connectivity index (χ1v) is 11.5. The third-order valence-corrected chi connectivity index (χ3v) is 6.74. The van der Waals surface area contributed by atoms with Crippen LogP contribution in [0.15, 0.2) is 24.4 Å². The van der Waals surface area contributed by atoms with E-state index in [-0.39, 0.29) is 24.8 Å². The Hall–Kier alpha value is -2.91. The van der Waals surface area contributed by atoms with Crippen LogP contribution in [0.2, 0.25) is 5.02 Å². The maximum atomic E-state index is 12.7. The molecule has 1 aliphatic heterocycles. The van der Waals surface area contributed by atoms with Gasteiger partial charge >= 0.3 is 5.97 Å². The van der Waals surface area contributed by atoms with Crippen molar-refractivity contribution >= 4 is 56.8 Å². The van der Waals surface area contributed by atoms with Crippen LogP contribution >= 0.6 is 22.9 Å². The summed E-state index contributed by atoms with van der Waals surface area (Å²) in [6.45, 7) is 4.56. The first-order valence-electron chi connectivity index (χ1n) is 10.3. The fourth-order valence-electron chi connectivity index (χ4n) is 3.82. The summed E-state index contributed by atoms with van der Waals surface area (Å²) in [6.07, 6.45) is 2.74. The van der Waals surface area contributed by atoms with Crippen LogP contribution in [0, 0.1) is 12.8 Å². The first-order chi connectivity index (χ1) is 15.4. The molecule has 1 saturated heterocycles. The number of carbonyl (C=O) groups is 3. The van der Waals surface area contributed by atoms with Crippen LogP contribution in [-0.2, 0) is 20.7 Å². The van der Waals surface area contributed by atoms with E-state index in [2.05, 4.69) is 15.3 Å². The maximum Gasteiger partial charge on any atom is 0.350 e. The van der Waals surface area contributed by atoms with Crippen molar-refractivity contribution in [1.82, 2.24) is 14.9 Å². The van der Waals surface area contributed by atoms with Crippen LogP contribution in [0.4, 0.5) is 5.13 Å². The highest BCUT2D eigenvalue weighted by atomic mass is 35.5. The minimum absolute atomic E-state index is 0.0504. The van der Waals surface area contributed by atoms with Crippen molar-refractivity contribution in [2.45, 2.75) is 26.7 Å². The Bertz CT molecular complexity index is 1190. The van der Waals surface area contributed by atoms with Gasteiger partial charge in [-0.05, 0) is 44.0 Å². The minimum Gasteiger partial charge on any atom is -0.462 e. The van der Waals surface area contributed by atoms with Gasteiger partial charge < -0.3 is 19.9 Å². The molecule has 4 rings (SSSR count). The summed E-state index contributed by atoms with van der Waals surface area (Å²) >= 11 is 7.19. The highest BCUT2D eigenvalue weighted by molar-refractivity contribution is 7.17. The second kappa shape index (κ2) is 9.30. The Balaban J connectivity index is 1.36. The molecule has 2 aromatic heterocycles. The molecule has 0 radical (unpaired) electrons. The summed E-state index contributed by atoms with van der Waals surface area (Å²) in [5.74, 6) is -1.24. The normalized spacial score (nSPS) is 16.0. The molecule has 3 heterocycles. The van der Waals surface area contributed by atoms with Crippen LogP contribution in [-0.4, -0.2) is 52.3 Å². The maximum absolute atomic E-state index is 12.7. The molecule has 3 aromatic rings. The summed E-state index contributed by atoms with van der Waals surface area (Å²) in [6, 6.07) is 5.67.